The minimum Gasteiger partial charge on any atom is -0.326 e. The van der Waals surface area contributed by atoms with Gasteiger partial charge in [-0.25, -0.2) is 0 Å². The molecule has 0 heterocycles. The summed E-state index contributed by atoms with van der Waals surface area (Å²) in [5, 5.41) is 3.18. The molecule has 1 aromatic rings. The lowest BCUT2D eigenvalue weighted by atomic mass is 9.49. The fourth-order valence-electron chi connectivity index (χ4n) is 5.19. The first-order chi connectivity index (χ1) is 9.63. The molecule has 3 heteroatoms. The van der Waals surface area contributed by atoms with Crippen LogP contribution in [0.25, 0.3) is 0 Å². The van der Waals surface area contributed by atoms with Gasteiger partial charge in [0.05, 0.1) is 5.41 Å². The molecule has 4 aliphatic carbocycles. The summed E-state index contributed by atoms with van der Waals surface area (Å²) in [6.07, 6.45) is 7.56. The Hall–Kier alpha value is -0.580. The van der Waals surface area contributed by atoms with Crippen LogP contribution in [-0.2, 0) is 4.79 Å². The maximum atomic E-state index is 12.8. The first kappa shape index (κ1) is 13.1. The number of hydrogen-bond acceptors (Lipinski definition) is 1. The van der Waals surface area contributed by atoms with Gasteiger partial charge in [-0.15, -0.1) is 0 Å². The standard InChI is InChI=1S/C17H20INO/c18-14-1-3-15(4-2-14)19-16(20)17-8-11-5-12(9-17)7-13(6-11)10-17/h1-4,11-13H,5-10H2,(H,19,20). The van der Waals surface area contributed by atoms with Crippen molar-refractivity contribution < 1.29 is 4.79 Å². The molecule has 1 amide bonds. The average Bonchev–Trinajstić information content (AvgIpc) is 2.40. The van der Waals surface area contributed by atoms with Gasteiger partial charge in [0.15, 0.2) is 0 Å². The molecule has 0 spiro atoms. The van der Waals surface area contributed by atoms with Crippen molar-refractivity contribution in [3.05, 3.63) is 27.8 Å². The quantitative estimate of drug-likeness (QED) is 0.754. The molecule has 4 fully saturated rings. The Morgan fingerprint density at radius 3 is 2.00 bits per heavy atom. The van der Waals surface area contributed by atoms with Crippen molar-refractivity contribution in [1.82, 2.24) is 0 Å². The zero-order valence-electron chi connectivity index (χ0n) is 11.6. The summed E-state index contributed by atoms with van der Waals surface area (Å²) in [5.74, 6) is 2.76. The van der Waals surface area contributed by atoms with Crippen LogP contribution in [0.1, 0.15) is 38.5 Å². The van der Waals surface area contributed by atoms with Gasteiger partial charge in [0.1, 0.15) is 0 Å². The highest BCUT2D eigenvalue weighted by molar-refractivity contribution is 14.1. The van der Waals surface area contributed by atoms with Crippen LogP contribution in [0, 0.1) is 26.7 Å². The largest absolute Gasteiger partial charge is 0.326 e. The van der Waals surface area contributed by atoms with Gasteiger partial charge in [-0.2, -0.15) is 0 Å². The van der Waals surface area contributed by atoms with E-state index in [1.807, 2.05) is 12.1 Å². The highest BCUT2D eigenvalue weighted by Crippen LogP contribution is 2.60. The van der Waals surface area contributed by atoms with E-state index >= 15 is 0 Å². The molecule has 0 unspecified atom stereocenters. The van der Waals surface area contributed by atoms with Crippen LogP contribution in [0.15, 0.2) is 24.3 Å². The first-order valence-corrected chi connectivity index (χ1v) is 8.78. The van der Waals surface area contributed by atoms with E-state index in [0.29, 0.717) is 0 Å². The molecule has 5 rings (SSSR count). The Morgan fingerprint density at radius 1 is 1.00 bits per heavy atom. The molecular formula is C17H20INO. The predicted molar refractivity (Wildman–Crippen MR) is 88.4 cm³/mol. The summed E-state index contributed by atoms with van der Waals surface area (Å²) < 4.78 is 1.20. The zero-order chi connectivity index (χ0) is 13.7. The highest BCUT2D eigenvalue weighted by Gasteiger charge is 2.54. The van der Waals surface area contributed by atoms with Crippen LogP contribution in [0.3, 0.4) is 0 Å². The smallest absolute Gasteiger partial charge is 0.230 e. The van der Waals surface area contributed by atoms with Crippen LogP contribution in [0.5, 0.6) is 0 Å². The lowest BCUT2D eigenvalue weighted by Crippen LogP contribution is -2.51. The van der Waals surface area contributed by atoms with E-state index in [1.54, 1.807) is 0 Å². The molecule has 0 atom stereocenters. The number of nitrogens with one attached hydrogen (secondary N) is 1. The third-order valence-corrected chi connectivity index (χ3v) is 6.34. The second kappa shape index (κ2) is 4.72. The topological polar surface area (TPSA) is 29.1 Å². The maximum absolute atomic E-state index is 12.8. The Kier molecular flexibility index (Phi) is 3.09. The number of carbonyl (C=O) groups is 1. The normalized spacial score (nSPS) is 38.0. The number of rotatable bonds is 2. The van der Waals surface area contributed by atoms with Crippen molar-refractivity contribution in [2.45, 2.75) is 38.5 Å². The maximum Gasteiger partial charge on any atom is 0.230 e. The molecule has 4 bridgehead atoms. The number of benzene rings is 1. The van der Waals surface area contributed by atoms with Gasteiger partial charge in [0.2, 0.25) is 5.91 Å². The van der Waals surface area contributed by atoms with Gasteiger partial charge in [0, 0.05) is 9.26 Å². The highest BCUT2D eigenvalue weighted by atomic mass is 127. The lowest BCUT2D eigenvalue weighted by molar-refractivity contribution is -0.140. The molecule has 20 heavy (non-hydrogen) atoms. The Morgan fingerprint density at radius 2 is 1.50 bits per heavy atom. The predicted octanol–water partition coefficient (Wildman–Crippen LogP) is 4.45. The van der Waals surface area contributed by atoms with Crippen molar-refractivity contribution in [3.8, 4) is 0 Å². The number of carbonyl (C=O) groups excluding carboxylic acids is 1. The SMILES string of the molecule is O=C(Nc1ccc(I)cc1)C12CC3CC(CC(C3)C1)C2. The fraction of sp³-hybridized carbons (Fsp3) is 0.588. The summed E-state index contributed by atoms with van der Waals surface area (Å²) in [7, 11) is 0. The molecule has 4 aliphatic rings. The zero-order valence-corrected chi connectivity index (χ0v) is 13.7. The number of amides is 1. The van der Waals surface area contributed by atoms with Crippen LogP contribution in [-0.4, -0.2) is 5.91 Å². The molecule has 2 nitrogen and oxygen atoms in total. The third-order valence-electron chi connectivity index (χ3n) is 5.62. The molecule has 106 valence electrons. The molecule has 1 aromatic carbocycles. The second-order valence-corrected chi connectivity index (χ2v) is 8.40. The summed E-state index contributed by atoms with van der Waals surface area (Å²) in [4.78, 5) is 12.8. The monoisotopic (exact) mass is 381 g/mol. The van der Waals surface area contributed by atoms with Gasteiger partial charge in [-0.3, -0.25) is 4.79 Å². The van der Waals surface area contributed by atoms with Crippen molar-refractivity contribution in [2.75, 3.05) is 5.32 Å². The Balaban J connectivity index is 1.54. The molecule has 0 aliphatic heterocycles. The first-order valence-electron chi connectivity index (χ1n) is 7.70. The average molecular weight is 381 g/mol. The van der Waals surface area contributed by atoms with E-state index in [9.17, 15) is 4.79 Å². The van der Waals surface area contributed by atoms with Gasteiger partial charge in [-0.05, 0) is 103 Å². The fourth-order valence-corrected chi connectivity index (χ4v) is 5.55. The van der Waals surface area contributed by atoms with E-state index in [2.05, 4.69) is 40.0 Å². The van der Waals surface area contributed by atoms with E-state index in [4.69, 9.17) is 0 Å². The van der Waals surface area contributed by atoms with Crippen LogP contribution in [0.2, 0.25) is 0 Å². The second-order valence-electron chi connectivity index (χ2n) is 7.16. The lowest BCUT2D eigenvalue weighted by Gasteiger charge is -2.55. The minimum absolute atomic E-state index is 0.0439. The molecule has 0 radical (unpaired) electrons. The summed E-state index contributed by atoms with van der Waals surface area (Å²) >= 11 is 2.29. The number of anilines is 1. The Bertz CT molecular complexity index is 501. The van der Waals surface area contributed by atoms with Crippen molar-refractivity contribution in [3.63, 3.8) is 0 Å². The van der Waals surface area contributed by atoms with Crippen LogP contribution >= 0.6 is 22.6 Å². The molecular weight excluding hydrogens is 361 g/mol. The molecule has 1 N–H and O–H groups in total. The van der Waals surface area contributed by atoms with Crippen molar-refractivity contribution in [2.24, 2.45) is 23.2 Å². The molecule has 0 saturated heterocycles. The molecule has 0 aromatic heterocycles. The van der Waals surface area contributed by atoms with Gasteiger partial charge in [0.25, 0.3) is 0 Å². The Labute approximate surface area is 133 Å². The van der Waals surface area contributed by atoms with Gasteiger partial charge >= 0.3 is 0 Å². The van der Waals surface area contributed by atoms with Crippen molar-refractivity contribution in [1.29, 1.82) is 0 Å². The summed E-state index contributed by atoms with van der Waals surface area (Å²) in [6, 6.07) is 8.13. The van der Waals surface area contributed by atoms with E-state index in [1.165, 1.54) is 22.8 Å². The minimum atomic E-state index is -0.0439. The molecule has 4 saturated carbocycles. The van der Waals surface area contributed by atoms with Crippen LogP contribution in [0.4, 0.5) is 5.69 Å². The van der Waals surface area contributed by atoms with Gasteiger partial charge < -0.3 is 5.32 Å². The third kappa shape index (κ3) is 2.18. The number of halogens is 1. The number of hydrogen-bond donors (Lipinski definition) is 1. The van der Waals surface area contributed by atoms with E-state index in [-0.39, 0.29) is 11.3 Å². The van der Waals surface area contributed by atoms with E-state index < -0.39 is 0 Å². The summed E-state index contributed by atoms with van der Waals surface area (Å²) in [5.41, 5.74) is 0.906. The summed E-state index contributed by atoms with van der Waals surface area (Å²) in [6.45, 7) is 0. The van der Waals surface area contributed by atoms with E-state index in [0.717, 1.165) is 42.7 Å². The van der Waals surface area contributed by atoms with Gasteiger partial charge in [-0.1, -0.05) is 0 Å². The van der Waals surface area contributed by atoms with Crippen molar-refractivity contribution >= 4 is 34.2 Å². The van der Waals surface area contributed by atoms with Crippen LogP contribution < -0.4 is 5.32 Å².